The molecule has 2 aromatic rings. The van der Waals surface area contributed by atoms with Gasteiger partial charge in [0.25, 0.3) is 5.69 Å². The Kier molecular flexibility index (Phi) is 3.97. The zero-order valence-corrected chi connectivity index (χ0v) is 10.6. The quantitative estimate of drug-likeness (QED) is 0.663. The van der Waals surface area contributed by atoms with Crippen LogP contribution in [0.4, 0.5) is 5.69 Å². The number of aliphatic hydroxyl groups is 1. The molecule has 0 aliphatic heterocycles. The van der Waals surface area contributed by atoms with Crippen LogP contribution in [0.2, 0.25) is 0 Å². The third kappa shape index (κ3) is 2.82. The molecule has 0 amide bonds. The summed E-state index contributed by atoms with van der Waals surface area (Å²) in [4.78, 5) is 10.6. The summed E-state index contributed by atoms with van der Waals surface area (Å²) in [6, 6.07) is 10.0. The standard InChI is InChI=1S/C14H15NO4/c1-2-10(16)9-19-14-8-7-13(15(17)18)11-5-3-4-6-12(11)14/h3-8,10,16H,2,9H2,1H3. The van der Waals surface area contributed by atoms with Gasteiger partial charge in [-0.1, -0.05) is 25.1 Å². The second-order valence-electron chi connectivity index (χ2n) is 4.26. The fraction of sp³-hybridized carbons (Fsp3) is 0.286. The van der Waals surface area contributed by atoms with Crippen molar-refractivity contribution in [3.63, 3.8) is 0 Å². The average Bonchev–Trinajstić information content (AvgIpc) is 2.43. The molecule has 0 radical (unpaired) electrons. The van der Waals surface area contributed by atoms with Gasteiger partial charge in [-0.3, -0.25) is 10.1 Å². The molecule has 5 nitrogen and oxygen atoms in total. The SMILES string of the molecule is CCC(O)COc1ccc([N+](=O)[O-])c2ccccc12. The lowest BCUT2D eigenvalue weighted by Crippen LogP contribution is -2.16. The lowest BCUT2D eigenvalue weighted by molar-refractivity contribution is -0.383. The van der Waals surface area contributed by atoms with Crippen LogP contribution >= 0.6 is 0 Å². The highest BCUT2D eigenvalue weighted by molar-refractivity contribution is 5.95. The first-order valence-corrected chi connectivity index (χ1v) is 6.10. The van der Waals surface area contributed by atoms with Gasteiger partial charge in [-0.2, -0.15) is 0 Å². The maximum Gasteiger partial charge on any atom is 0.277 e. The van der Waals surface area contributed by atoms with Crippen molar-refractivity contribution < 1.29 is 14.8 Å². The number of fused-ring (bicyclic) bond motifs is 1. The Morgan fingerprint density at radius 1 is 1.26 bits per heavy atom. The van der Waals surface area contributed by atoms with E-state index in [4.69, 9.17) is 4.74 Å². The van der Waals surface area contributed by atoms with Crippen LogP contribution in [0.1, 0.15) is 13.3 Å². The van der Waals surface area contributed by atoms with Gasteiger partial charge in [0.1, 0.15) is 12.4 Å². The normalized spacial score (nSPS) is 12.3. The fourth-order valence-electron chi connectivity index (χ4n) is 1.84. The Morgan fingerprint density at radius 2 is 1.95 bits per heavy atom. The molecule has 100 valence electrons. The summed E-state index contributed by atoms with van der Waals surface area (Å²) in [5.41, 5.74) is 0.0546. The van der Waals surface area contributed by atoms with Crippen LogP contribution in [-0.4, -0.2) is 22.7 Å². The molecule has 0 spiro atoms. The number of nitro benzene ring substituents is 1. The highest BCUT2D eigenvalue weighted by Crippen LogP contribution is 2.32. The molecule has 0 heterocycles. The topological polar surface area (TPSA) is 72.6 Å². The number of hydrogen-bond acceptors (Lipinski definition) is 4. The van der Waals surface area contributed by atoms with Crippen molar-refractivity contribution in [2.24, 2.45) is 0 Å². The summed E-state index contributed by atoms with van der Waals surface area (Å²) in [5, 5.41) is 21.7. The van der Waals surface area contributed by atoms with Crippen LogP contribution in [0.25, 0.3) is 10.8 Å². The highest BCUT2D eigenvalue weighted by atomic mass is 16.6. The van der Waals surface area contributed by atoms with Gasteiger partial charge in [-0.25, -0.2) is 0 Å². The van der Waals surface area contributed by atoms with Crippen LogP contribution in [0.15, 0.2) is 36.4 Å². The van der Waals surface area contributed by atoms with E-state index in [1.165, 1.54) is 6.07 Å². The molecule has 0 saturated heterocycles. The van der Waals surface area contributed by atoms with Crippen molar-refractivity contribution in [1.82, 2.24) is 0 Å². The second-order valence-corrected chi connectivity index (χ2v) is 4.26. The number of rotatable bonds is 5. The van der Waals surface area contributed by atoms with Gasteiger partial charge in [-0.05, 0) is 18.6 Å². The molecular formula is C14H15NO4. The number of nitrogens with zero attached hydrogens (tertiary/aromatic N) is 1. The Hall–Kier alpha value is -2.14. The van der Waals surface area contributed by atoms with Crippen LogP contribution in [0.3, 0.4) is 0 Å². The van der Waals surface area contributed by atoms with Gasteiger partial charge < -0.3 is 9.84 Å². The largest absolute Gasteiger partial charge is 0.490 e. The predicted octanol–water partition coefficient (Wildman–Crippen LogP) is 2.90. The summed E-state index contributed by atoms with van der Waals surface area (Å²) in [6.07, 6.45) is 0.0687. The van der Waals surface area contributed by atoms with Crippen molar-refractivity contribution in [3.8, 4) is 5.75 Å². The minimum absolute atomic E-state index is 0.0546. The number of aliphatic hydroxyl groups excluding tert-OH is 1. The van der Waals surface area contributed by atoms with Gasteiger partial charge in [0, 0.05) is 11.5 Å². The maximum atomic E-state index is 11.0. The molecule has 0 fully saturated rings. The Bertz CT molecular complexity index is 597. The molecule has 0 aliphatic carbocycles. The molecule has 0 saturated carbocycles. The zero-order valence-electron chi connectivity index (χ0n) is 10.6. The monoisotopic (exact) mass is 261 g/mol. The number of hydrogen-bond donors (Lipinski definition) is 1. The molecule has 1 atom stereocenters. The summed E-state index contributed by atoms with van der Waals surface area (Å²) >= 11 is 0. The molecular weight excluding hydrogens is 246 g/mol. The third-order valence-corrected chi connectivity index (χ3v) is 2.96. The first-order valence-electron chi connectivity index (χ1n) is 6.10. The number of nitro groups is 1. The Morgan fingerprint density at radius 3 is 2.58 bits per heavy atom. The lowest BCUT2D eigenvalue weighted by Gasteiger charge is -2.12. The molecule has 2 rings (SSSR count). The first-order chi connectivity index (χ1) is 9.13. The van der Waals surface area contributed by atoms with Crippen molar-refractivity contribution in [2.45, 2.75) is 19.4 Å². The zero-order chi connectivity index (χ0) is 13.8. The molecule has 5 heteroatoms. The van der Waals surface area contributed by atoms with Crippen LogP contribution in [0.5, 0.6) is 5.75 Å². The minimum Gasteiger partial charge on any atom is -0.490 e. The van der Waals surface area contributed by atoms with E-state index in [1.807, 2.05) is 6.92 Å². The van der Waals surface area contributed by atoms with Crippen molar-refractivity contribution >= 4 is 16.5 Å². The summed E-state index contributed by atoms with van der Waals surface area (Å²) in [7, 11) is 0. The second kappa shape index (κ2) is 5.67. The van der Waals surface area contributed by atoms with E-state index in [1.54, 1.807) is 30.3 Å². The number of ether oxygens (including phenoxy) is 1. The molecule has 2 aromatic carbocycles. The Balaban J connectivity index is 2.41. The van der Waals surface area contributed by atoms with E-state index >= 15 is 0 Å². The fourth-order valence-corrected chi connectivity index (χ4v) is 1.84. The number of non-ortho nitro benzene ring substituents is 1. The molecule has 1 unspecified atom stereocenters. The van der Waals surface area contributed by atoms with Crippen molar-refractivity contribution in [3.05, 3.63) is 46.5 Å². The van der Waals surface area contributed by atoms with E-state index < -0.39 is 11.0 Å². The average molecular weight is 261 g/mol. The lowest BCUT2D eigenvalue weighted by atomic mass is 10.1. The molecule has 0 bridgehead atoms. The van der Waals surface area contributed by atoms with Crippen LogP contribution < -0.4 is 4.74 Å². The number of benzene rings is 2. The Labute approximate surface area is 110 Å². The summed E-state index contributed by atoms with van der Waals surface area (Å²) in [6.45, 7) is 2.04. The molecule has 19 heavy (non-hydrogen) atoms. The van der Waals surface area contributed by atoms with Gasteiger partial charge >= 0.3 is 0 Å². The van der Waals surface area contributed by atoms with E-state index in [0.29, 0.717) is 22.9 Å². The summed E-state index contributed by atoms with van der Waals surface area (Å²) < 4.78 is 5.53. The molecule has 0 aromatic heterocycles. The minimum atomic E-state index is -0.533. The smallest absolute Gasteiger partial charge is 0.277 e. The van der Waals surface area contributed by atoms with Gasteiger partial charge in [0.05, 0.1) is 16.4 Å². The van der Waals surface area contributed by atoms with Gasteiger partial charge in [-0.15, -0.1) is 0 Å². The van der Waals surface area contributed by atoms with E-state index in [9.17, 15) is 15.2 Å². The van der Waals surface area contributed by atoms with E-state index in [-0.39, 0.29) is 12.3 Å². The summed E-state index contributed by atoms with van der Waals surface area (Å²) in [5.74, 6) is 0.550. The van der Waals surface area contributed by atoms with Gasteiger partial charge in [0.15, 0.2) is 0 Å². The van der Waals surface area contributed by atoms with Crippen LogP contribution in [0, 0.1) is 10.1 Å². The van der Waals surface area contributed by atoms with Crippen molar-refractivity contribution in [1.29, 1.82) is 0 Å². The van der Waals surface area contributed by atoms with Crippen molar-refractivity contribution in [2.75, 3.05) is 6.61 Å². The maximum absolute atomic E-state index is 11.0. The van der Waals surface area contributed by atoms with Gasteiger partial charge in [0.2, 0.25) is 0 Å². The molecule has 0 aliphatic rings. The molecule has 1 N–H and O–H groups in total. The van der Waals surface area contributed by atoms with Crippen LogP contribution in [-0.2, 0) is 0 Å². The highest BCUT2D eigenvalue weighted by Gasteiger charge is 2.14. The van der Waals surface area contributed by atoms with E-state index in [0.717, 1.165) is 0 Å². The third-order valence-electron chi connectivity index (χ3n) is 2.96. The van der Waals surface area contributed by atoms with E-state index in [2.05, 4.69) is 0 Å². The first kappa shape index (κ1) is 13.3. The predicted molar refractivity (Wildman–Crippen MR) is 72.4 cm³/mol.